The van der Waals surface area contributed by atoms with E-state index in [0.29, 0.717) is 19.0 Å². The summed E-state index contributed by atoms with van der Waals surface area (Å²) in [4.78, 5) is 26.6. The standard InChI is InChI=1S/C23H22N6O4/c1-17-24-14-23(29(31)32)28(17)16-22(30)26-25-13-18-15-27(21-10-6-5-9-20(18)21)11-12-33-19-7-3-2-4-8-19/h2-10,13-15H,11-12,16H2,1H3,(H,26,30)/b25-13+. The molecule has 0 unspecified atom stereocenters. The van der Waals surface area contributed by atoms with E-state index >= 15 is 0 Å². The summed E-state index contributed by atoms with van der Waals surface area (Å²) < 4.78 is 9.09. The van der Waals surface area contributed by atoms with Gasteiger partial charge in [0.1, 0.15) is 18.6 Å². The number of rotatable bonds is 9. The molecule has 4 rings (SSSR count). The number of fused-ring (bicyclic) bond motifs is 1. The fraction of sp³-hybridized carbons (Fsp3) is 0.174. The molecule has 0 aliphatic carbocycles. The van der Waals surface area contributed by atoms with Gasteiger partial charge in [-0.2, -0.15) is 5.10 Å². The molecular weight excluding hydrogens is 424 g/mol. The number of nitrogens with zero attached hydrogens (tertiary/aromatic N) is 5. The summed E-state index contributed by atoms with van der Waals surface area (Å²) >= 11 is 0. The van der Waals surface area contributed by atoms with E-state index in [1.807, 2.05) is 60.8 Å². The van der Waals surface area contributed by atoms with Crippen molar-refractivity contribution in [2.24, 2.45) is 5.10 Å². The fourth-order valence-electron chi connectivity index (χ4n) is 3.49. The Bertz CT molecular complexity index is 1310. The summed E-state index contributed by atoms with van der Waals surface area (Å²) in [5, 5.41) is 16.1. The number of nitrogens with one attached hydrogen (secondary N) is 1. The topological polar surface area (TPSA) is 117 Å². The van der Waals surface area contributed by atoms with Crippen LogP contribution in [0.3, 0.4) is 0 Å². The van der Waals surface area contributed by atoms with Crippen LogP contribution in [-0.2, 0) is 17.9 Å². The van der Waals surface area contributed by atoms with Crippen LogP contribution < -0.4 is 10.2 Å². The molecule has 10 heteroatoms. The second-order valence-corrected chi connectivity index (χ2v) is 7.26. The van der Waals surface area contributed by atoms with Gasteiger partial charge in [-0.3, -0.25) is 4.79 Å². The van der Waals surface area contributed by atoms with Crippen LogP contribution in [0.2, 0.25) is 0 Å². The highest BCUT2D eigenvalue weighted by Gasteiger charge is 2.20. The lowest BCUT2D eigenvalue weighted by Crippen LogP contribution is -2.24. The maximum absolute atomic E-state index is 12.3. The van der Waals surface area contributed by atoms with E-state index in [0.717, 1.165) is 28.4 Å². The number of hydrogen-bond donors (Lipinski definition) is 1. The predicted octanol–water partition coefficient (Wildman–Crippen LogP) is 3.28. The van der Waals surface area contributed by atoms with E-state index in [1.165, 1.54) is 4.57 Å². The number of aryl methyl sites for hydroxylation is 1. The number of hydrazone groups is 1. The number of amides is 1. The number of hydrogen-bond acceptors (Lipinski definition) is 6. The van der Waals surface area contributed by atoms with Crippen LogP contribution in [-0.4, -0.2) is 37.8 Å². The SMILES string of the molecule is Cc1ncc([N+](=O)[O-])n1CC(=O)N/N=C/c1cn(CCOc2ccccc2)c2ccccc12. The normalized spacial score (nSPS) is 11.2. The van der Waals surface area contributed by atoms with Gasteiger partial charge in [0.2, 0.25) is 0 Å². The molecular formula is C23H22N6O4. The van der Waals surface area contributed by atoms with Crippen molar-refractivity contribution >= 4 is 28.8 Å². The van der Waals surface area contributed by atoms with E-state index in [-0.39, 0.29) is 12.4 Å². The first-order valence-electron chi connectivity index (χ1n) is 10.3. The molecule has 2 aromatic carbocycles. The van der Waals surface area contributed by atoms with Gasteiger partial charge < -0.3 is 19.4 Å². The van der Waals surface area contributed by atoms with Crippen LogP contribution in [0.1, 0.15) is 11.4 Å². The Morgan fingerprint density at radius 1 is 1.21 bits per heavy atom. The predicted molar refractivity (Wildman–Crippen MR) is 123 cm³/mol. The van der Waals surface area contributed by atoms with Crippen molar-refractivity contribution in [1.82, 2.24) is 19.5 Å². The van der Waals surface area contributed by atoms with E-state index in [1.54, 1.807) is 13.1 Å². The summed E-state index contributed by atoms with van der Waals surface area (Å²) in [5.41, 5.74) is 4.28. The molecule has 168 valence electrons. The van der Waals surface area contributed by atoms with E-state index < -0.39 is 10.8 Å². The van der Waals surface area contributed by atoms with E-state index in [2.05, 4.69) is 20.1 Å². The molecule has 0 spiro atoms. The van der Waals surface area contributed by atoms with Crippen molar-refractivity contribution in [3.05, 3.63) is 88.5 Å². The first-order valence-corrected chi connectivity index (χ1v) is 10.3. The summed E-state index contributed by atoms with van der Waals surface area (Å²) in [7, 11) is 0. The average Bonchev–Trinajstić information content (AvgIpc) is 3.35. The summed E-state index contributed by atoms with van der Waals surface area (Å²) in [5.74, 6) is 0.455. The minimum atomic E-state index is -0.576. The van der Waals surface area contributed by atoms with Gasteiger partial charge in [-0.15, -0.1) is 0 Å². The summed E-state index contributed by atoms with van der Waals surface area (Å²) in [6.45, 7) is 2.48. The number of aromatic nitrogens is 3. The lowest BCUT2D eigenvalue weighted by Gasteiger charge is -2.08. The molecule has 0 bridgehead atoms. The lowest BCUT2D eigenvalue weighted by atomic mass is 10.2. The highest BCUT2D eigenvalue weighted by atomic mass is 16.6. The van der Waals surface area contributed by atoms with Gasteiger partial charge in [0.25, 0.3) is 5.91 Å². The van der Waals surface area contributed by atoms with Crippen LogP contribution in [0.4, 0.5) is 5.82 Å². The maximum Gasteiger partial charge on any atom is 0.343 e. The summed E-state index contributed by atoms with van der Waals surface area (Å²) in [6.07, 6.45) is 4.63. The number of carbonyl (C=O) groups excluding carboxylic acids is 1. The molecule has 0 saturated heterocycles. The number of nitro groups is 1. The Hall–Kier alpha value is -4.47. The van der Waals surface area contributed by atoms with Gasteiger partial charge in [-0.05, 0) is 23.1 Å². The monoisotopic (exact) mass is 446 g/mol. The number of benzene rings is 2. The van der Waals surface area contributed by atoms with Crippen molar-refractivity contribution in [2.75, 3.05) is 6.61 Å². The minimum Gasteiger partial charge on any atom is -0.492 e. The first kappa shape index (κ1) is 21.8. The Balaban J connectivity index is 1.42. The van der Waals surface area contributed by atoms with Crippen molar-refractivity contribution in [3.8, 4) is 5.75 Å². The molecule has 1 N–H and O–H groups in total. The van der Waals surface area contributed by atoms with Gasteiger partial charge in [0.05, 0.1) is 12.8 Å². The highest BCUT2D eigenvalue weighted by molar-refractivity contribution is 5.99. The molecule has 4 aromatic rings. The third-order valence-electron chi connectivity index (χ3n) is 5.08. The average molecular weight is 446 g/mol. The molecule has 0 radical (unpaired) electrons. The molecule has 1 amide bonds. The first-order chi connectivity index (χ1) is 16.0. The number of imidazole rings is 1. The van der Waals surface area contributed by atoms with Crippen LogP contribution in [0, 0.1) is 17.0 Å². The lowest BCUT2D eigenvalue weighted by molar-refractivity contribution is -0.392. The molecule has 0 atom stereocenters. The Labute approximate surface area is 189 Å². The van der Waals surface area contributed by atoms with Crippen molar-refractivity contribution in [1.29, 1.82) is 0 Å². The van der Waals surface area contributed by atoms with Gasteiger partial charge in [0, 0.05) is 29.6 Å². The molecule has 2 heterocycles. The Kier molecular flexibility index (Phi) is 6.44. The van der Waals surface area contributed by atoms with Crippen LogP contribution >= 0.6 is 0 Å². The molecule has 0 fully saturated rings. The molecule has 10 nitrogen and oxygen atoms in total. The van der Waals surface area contributed by atoms with Gasteiger partial charge in [-0.25, -0.2) is 15.0 Å². The Morgan fingerprint density at radius 3 is 2.76 bits per heavy atom. The molecule has 33 heavy (non-hydrogen) atoms. The van der Waals surface area contributed by atoms with Gasteiger partial charge >= 0.3 is 5.82 Å². The third-order valence-corrected chi connectivity index (χ3v) is 5.08. The number of ether oxygens (including phenoxy) is 1. The number of carbonyl (C=O) groups is 1. The second-order valence-electron chi connectivity index (χ2n) is 7.26. The van der Waals surface area contributed by atoms with E-state index in [4.69, 9.17) is 4.74 Å². The molecule has 0 saturated carbocycles. The Morgan fingerprint density at radius 2 is 1.97 bits per heavy atom. The van der Waals surface area contributed by atoms with Crippen LogP contribution in [0.5, 0.6) is 5.75 Å². The minimum absolute atomic E-state index is 0.243. The second kappa shape index (κ2) is 9.77. The van der Waals surface area contributed by atoms with Crippen molar-refractivity contribution in [3.63, 3.8) is 0 Å². The zero-order chi connectivity index (χ0) is 23.2. The summed E-state index contributed by atoms with van der Waals surface area (Å²) in [6, 6.07) is 17.5. The number of para-hydroxylation sites is 2. The largest absolute Gasteiger partial charge is 0.492 e. The van der Waals surface area contributed by atoms with Crippen LogP contribution in [0.15, 0.2) is 72.1 Å². The van der Waals surface area contributed by atoms with Crippen molar-refractivity contribution in [2.45, 2.75) is 20.0 Å². The zero-order valence-corrected chi connectivity index (χ0v) is 17.9. The van der Waals surface area contributed by atoms with Gasteiger partial charge in [-0.1, -0.05) is 36.4 Å². The maximum atomic E-state index is 12.3. The van der Waals surface area contributed by atoms with Crippen molar-refractivity contribution < 1.29 is 14.5 Å². The molecule has 0 aliphatic heterocycles. The third kappa shape index (κ3) is 5.06. The zero-order valence-electron chi connectivity index (χ0n) is 17.9. The molecule has 2 aromatic heterocycles. The van der Waals surface area contributed by atoms with Crippen LogP contribution in [0.25, 0.3) is 10.9 Å². The fourth-order valence-corrected chi connectivity index (χ4v) is 3.49. The smallest absolute Gasteiger partial charge is 0.343 e. The van der Waals surface area contributed by atoms with E-state index in [9.17, 15) is 14.9 Å². The highest BCUT2D eigenvalue weighted by Crippen LogP contribution is 2.20. The van der Waals surface area contributed by atoms with Gasteiger partial charge in [0.15, 0.2) is 12.4 Å². The molecule has 0 aliphatic rings. The quantitative estimate of drug-likeness (QED) is 0.241.